The molecule has 0 spiro atoms. The number of likely N-dealkylation sites (tertiary alicyclic amines) is 1. The van der Waals surface area contributed by atoms with Gasteiger partial charge in [-0.15, -0.1) is 0 Å². The summed E-state index contributed by atoms with van der Waals surface area (Å²) >= 11 is 0. The standard InChI is InChI=1S/C33H56N4O5/c1-9-23(4)30(36(6)33(40)29(34)22(2)3)27(41-7)21-28(38)37-20-14-17-26(37)31(42-8)24(5)32(39)35-19-18-25-15-12-10-11-13-16-25/h10-13,15-16,22-27,29-31H,9,14,17-21,34H2,1-8H3,(H,35,39)/t23-,24+,26-,27+,29-,30-,31?/m0/s1. The molecule has 0 aromatic carbocycles. The molecular formula is C33H56N4O5. The quantitative estimate of drug-likeness (QED) is 0.284. The van der Waals surface area contributed by atoms with Crippen molar-refractivity contribution < 1.29 is 23.9 Å². The number of hydrogen-bond acceptors (Lipinski definition) is 6. The number of allylic oxidation sites excluding steroid dienone is 6. The van der Waals surface area contributed by atoms with Gasteiger partial charge in [0.1, 0.15) is 0 Å². The maximum atomic E-state index is 13.8. The van der Waals surface area contributed by atoms with Crippen molar-refractivity contribution in [2.24, 2.45) is 29.4 Å². The van der Waals surface area contributed by atoms with E-state index in [4.69, 9.17) is 15.2 Å². The SMILES string of the molecule is CC[C@H](C)[C@@H]([C@@H](CC(=O)N1CCC[C@H]1C(OC)[C@@H](C)C(=O)NCCC1C=CC=CC=C1)OC)N(C)C(=O)[C@@H](N)C(C)C. The maximum Gasteiger partial charge on any atom is 0.239 e. The van der Waals surface area contributed by atoms with E-state index in [0.717, 1.165) is 25.7 Å². The largest absolute Gasteiger partial charge is 0.379 e. The number of carbonyl (C=O) groups excluding carboxylic acids is 3. The number of nitrogens with one attached hydrogen (secondary N) is 1. The molecule has 0 aromatic rings. The second-order valence-electron chi connectivity index (χ2n) is 12.3. The number of carbonyl (C=O) groups is 3. The summed E-state index contributed by atoms with van der Waals surface area (Å²) in [5.74, 6) is -0.329. The average Bonchev–Trinajstić information content (AvgIpc) is 3.31. The fourth-order valence-electron chi connectivity index (χ4n) is 6.15. The van der Waals surface area contributed by atoms with Crippen LogP contribution in [0.1, 0.15) is 66.7 Å². The molecular weight excluding hydrogens is 532 g/mol. The third-order valence-corrected chi connectivity index (χ3v) is 9.09. The van der Waals surface area contributed by atoms with Crippen LogP contribution in [0.15, 0.2) is 36.5 Å². The Labute approximate surface area is 253 Å². The highest BCUT2D eigenvalue weighted by Gasteiger charge is 2.42. The van der Waals surface area contributed by atoms with Gasteiger partial charge >= 0.3 is 0 Å². The zero-order valence-electron chi connectivity index (χ0n) is 27.1. The molecule has 0 bridgehead atoms. The highest BCUT2D eigenvalue weighted by molar-refractivity contribution is 5.82. The van der Waals surface area contributed by atoms with E-state index < -0.39 is 24.2 Å². The monoisotopic (exact) mass is 588 g/mol. The predicted octanol–water partition coefficient (Wildman–Crippen LogP) is 3.69. The van der Waals surface area contributed by atoms with Gasteiger partial charge in [-0.3, -0.25) is 14.4 Å². The Morgan fingerprint density at radius 3 is 2.24 bits per heavy atom. The second kappa shape index (κ2) is 17.6. The van der Waals surface area contributed by atoms with Crippen molar-refractivity contribution >= 4 is 17.7 Å². The first-order valence-electron chi connectivity index (χ1n) is 15.6. The fraction of sp³-hybridized carbons (Fsp3) is 0.727. The van der Waals surface area contributed by atoms with Crippen molar-refractivity contribution in [2.45, 2.75) is 97.1 Å². The molecule has 2 aliphatic rings. The molecule has 0 radical (unpaired) electrons. The summed E-state index contributed by atoms with van der Waals surface area (Å²) < 4.78 is 11.8. The smallest absolute Gasteiger partial charge is 0.239 e. The van der Waals surface area contributed by atoms with Crippen molar-refractivity contribution in [3.63, 3.8) is 0 Å². The van der Waals surface area contributed by atoms with Crippen LogP contribution in [0.25, 0.3) is 0 Å². The summed E-state index contributed by atoms with van der Waals surface area (Å²) in [6, 6.07) is -1.14. The van der Waals surface area contributed by atoms with Crippen LogP contribution in [-0.4, -0.2) is 92.2 Å². The first-order chi connectivity index (χ1) is 20.0. The maximum absolute atomic E-state index is 13.8. The zero-order valence-corrected chi connectivity index (χ0v) is 27.1. The summed E-state index contributed by atoms with van der Waals surface area (Å²) in [5, 5.41) is 3.07. The van der Waals surface area contributed by atoms with Gasteiger partial charge in [0.2, 0.25) is 17.7 Å². The molecule has 2 rings (SSSR count). The molecule has 9 heteroatoms. The van der Waals surface area contributed by atoms with Crippen molar-refractivity contribution in [2.75, 3.05) is 34.4 Å². The van der Waals surface area contributed by atoms with Gasteiger partial charge < -0.3 is 30.3 Å². The van der Waals surface area contributed by atoms with E-state index in [9.17, 15) is 14.4 Å². The lowest BCUT2D eigenvalue weighted by Gasteiger charge is -2.40. The van der Waals surface area contributed by atoms with Gasteiger partial charge in [0.15, 0.2) is 0 Å². The van der Waals surface area contributed by atoms with Crippen molar-refractivity contribution in [1.82, 2.24) is 15.1 Å². The molecule has 1 saturated heterocycles. The molecule has 1 fully saturated rings. The molecule has 9 nitrogen and oxygen atoms in total. The average molecular weight is 589 g/mol. The molecule has 1 aliphatic carbocycles. The van der Waals surface area contributed by atoms with Crippen LogP contribution in [-0.2, 0) is 23.9 Å². The summed E-state index contributed by atoms with van der Waals surface area (Å²) in [6.45, 7) is 11.0. The third-order valence-electron chi connectivity index (χ3n) is 9.09. The Hall–Kier alpha value is -2.49. The summed E-state index contributed by atoms with van der Waals surface area (Å²) in [4.78, 5) is 43.7. The number of ether oxygens (including phenoxy) is 2. The topological polar surface area (TPSA) is 114 Å². The molecule has 3 N–H and O–H groups in total. The number of nitrogens with zero attached hydrogens (tertiary/aromatic N) is 2. The van der Waals surface area contributed by atoms with Gasteiger partial charge in [0.05, 0.1) is 42.7 Å². The summed E-state index contributed by atoms with van der Waals surface area (Å²) in [6.07, 6.45) is 14.7. The Morgan fingerprint density at radius 1 is 1.05 bits per heavy atom. The van der Waals surface area contributed by atoms with Crippen LogP contribution < -0.4 is 11.1 Å². The fourth-order valence-corrected chi connectivity index (χ4v) is 6.15. The number of likely N-dealkylation sites (N-methyl/N-ethyl adjacent to an activating group) is 1. The number of hydrogen-bond donors (Lipinski definition) is 2. The van der Waals surface area contributed by atoms with Gasteiger partial charge in [-0.1, -0.05) is 77.5 Å². The minimum absolute atomic E-state index is 0.00142. The van der Waals surface area contributed by atoms with Gasteiger partial charge in [0, 0.05) is 34.4 Å². The normalized spacial score (nSPS) is 21.5. The van der Waals surface area contributed by atoms with Crippen LogP contribution in [0.3, 0.4) is 0 Å². The van der Waals surface area contributed by atoms with E-state index in [0.29, 0.717) is 13.1 Å². The van der Waals surface area contributed by atoms with E-state index in [2.05, 4.69) is 31.3 Å². The van der Waals surface area contributed by atoms with Gasteiger partial charge in [-0.2, -0.15) is 0 Å². The molecule has 3 amide bonds. The molecule has 0 saturated carbocycles. The Kier molecular flexibility index (Phi) is 14.9. The zero-order chi connectivity index (χ0) is 31.4. The molecule has 42 heavy (non-hydrogen) atoms. The highest BCUT2D eigenvalue weighted by atomic mass is 16.5. The van der Waals surface area contributed by atoms with E-state index >= 15 is 0 Å². The molecule has 1 heterocycles. The highest BCUT2D eigenvalue weighted by Crippen LogP contribution is 2.29. The van der Waals surface area contributed by atoms with E-state index in [1.54, 1.807) is 26.2 Å². The Bertz CT molecular complexity index is 948. The van der Waals surface area contributed by atoms with Gasteiger partial charge in [-0.05, 0) is 37.0 Å². The van der Waals surface area contributed by atoms with Crippen LogP contribution in [0.2, 0.25) is 0 Å². The number of rotatable bonds is 16. The van der Waals surface area contributed by atoms with Crippen molar-refractivity contribution in [1.29, 1.82) is 0 Å². The second-order valence-corrected chi connectivity index (χ2v) is 12.3. The first kappa shape index (κ1) is 35.7. The molecule has 0 aromatic heterocycles. The van der Waals surface area contributed by atoms with Crippen molar-refractivity contribution in [3.8, 4) is 0 Å². The van der Waals surface area contributed by atoms with Gasteiger partial charge in [-0.25, -0.2) is 0 Å². The minimum Gasteiger partial charge on any atom is -0.379 e. The molecule has 7 atom stereocenters. The lowest BCUT2D eigenvalue weighted by Crippen LogP contribution is -2.56. The van der Waals surface area contributed by atoms with Crippen LogP contribution >= 0.6 is 0 Å². The minimum atomic E-state index is -0.620. The van der Waals surface area contributed by atoms with Crippen LogP contribution in [0.4, 0.5) is 0 Å². The predicted molar refractivity (Wildman–Crippen MR) is 167 cm³/mol. The summed E-state index contributed by atoms with van der Waals surface area (Å²) in [7, 11) is 4.97. The van der Waals surface area contributed by atoms with E-state index in [1.807, 2.05) is 50.0 Å². The van der Waals surface area contributed by atoms with Crippen LogP contribution in [0.5, 0.6) is 0 Å². The van der Waals surface area contributed by atoms with Crippen molar-refractivity contribution in [3.05, 3.63) is 36.5 Å². The molecule has 1 aliphatic heterocycles. The lowest BCUT2D eigenvalue weighted by atomic mass is 9.89. The molecule has 238 valence electrons. The number of nitrogens with two attached hydrogens (primary N) is 1. The van der Waals surface area contributed by atoms with Crippen LogP contribution in [0, 0.1) is 23.7 Å². The molecule has 1 unspecified atom stereocenters. The number of amides is 3. The van der Waals surface area contributed by atoms with E-state index in [1.165, 1.54) is 0 Å². The first-order valence-corrected chi connectivity index (χ1v) is 15.6. The van der Waals surface area contributed by atoms with E-state index in [-0.39, 0.29) is 54.0 Å². The number of methoxy groups -OCH3 is 2. The third kappa shape index (κ3) is 9.51. The lowest BCUT2D eigenvalue weighted by molar-refractivity contribution is -0.146. The van der Waals surface area contributed by atoms with Gasteiger partial charge in [0.25, 0.3) is 0 Å². The Balaban J connectivity index is 2.10. The Morgan fingerprint density at radius 2 is 1.69 bits per heavy atom. The summed E-state index contributed by atoms with van der Waals surface area (Å²) in [5.41, 5.74) is 6.21.